The van der Waals surface area contributed by atoms with Crippen LogP contribution in [0.5, 0.6) is 0 Å². The molecular formula is C82H156O17P2. The Morgan fingerprint density at radius 1 is 0.307 bits per heavy atom. The summed E-state index contributed by atoms with van der Waals surface area (Å²) in [6.07, 6.45) is 63.4. The van der Waals surface area contributed by atoms with Gasteiger partial charge in [-0.2, -0.15) is 0 Å². The zero-order valence-corrected chi connectivity index (χ0v) is 67.6. The molecule has 596 valence electrons. The predicted molar refractivity (Wildman–Crippen MR) is 414 cm³/mol. The largest absolute Gasteiger partial charge is 0.472 e. The van der Waals surface area contributed by atoms with Crippen molar-refractivity contribution in [1.29, 1.82) is 0 Å². The van der Waals surface area contributed by atoms with E-state index in [4.69, 9.17) is 37.0 Å². The smallest absolute Gasteiger partial charge is 0.462 e. The van der Waals surface area contributed by atoms with E-state index in [2.05, 4.69) is 72.8 Å². The Morgan fingerprint density at radius 2 is 0.535 bits per heavy atom. The van der Waals surface area contributed by atoms with Gasteiger partial charge in [-0.3, -0.25) is 37.3 Å². The normalized spacial score (nSPS) is 14.1. The maximum absolute atomic E-state index is 13.1. The molecule has 0 rings (SSSR count). The fourth-order valence-corrected chi connectivity index (χ4v) is 13.7. The second kappa shape index (κ2) is 71.8. The molecule has 0 heterocycles. The molecule has 0 saturated carbocycles. The van der Waals surface area contributed by atoms with Crippen LogP contribution in [0, 0.1) is 17.8 Å². The van der Waals surface area contributed by atoms with Crippen LogP contribution >= 0.6 is 15.6 Å². The lowest BCUT2D eigenvalue weighted by molar-refractivity contribution is -0.161. The van der Waals surface area contributed by atoms with Gasteiger partial charge in [0.1, 0.15) is 19.3 Å². The minimum absolute atomic E-state index is 0.0839. The van der Waals surface area contributed by atoms with Crippen molar-refractivity contribution < 1.29 is 80.2 Å². The van der Waals surface area contributed by atoms with E-state index in [0.29, 0.717) is 31.6 Å². The van der Waals surface area contributed by atoms with Gasteiger partial charge in [-0.25, -0.2) is 9.13 Å². The molecule has 19 heteroatoms. The Hall–Kier alpha value is -2.46. The molecule has 3 N–H and O–H groups in total. The highest BCUT2D eigenvalue weighted by Crippen LogP contribution is 2.45. The average Bonchev–Trinajstić information content (AvgIpc) is 1.09. The fourth-order valence-electron chi connectivity index (χ4n) is 12.1. The van der Waals surface area contributed by atoms with E-state index in [1.165, 1.54) is 193 Å². The van der Waals surface area contributed by atoms with Crippen molar-refractivity contribution in [1.82, 2.24) is 0 Å². The summed E-state index contributed by atoms with van der Waals surface area (Å²) >= 11 is 0. The van der Waals surface area contributed by atoms with E-state index in [0.717, 1.165) is 121 Å². The third-order valence-corrected chi connectivity index (χ3v) is 20.4. The van der Waals surface area contributed by atoms with Crippen LogP contribution in [0.1, 0.15) is 402 Å². The number of hydrogen-bond acceptors (Lipinski definition) is 15. The molecule has 0 aromatic rings. The van der Waals surface area contributed by atoms with Crippen molar-refractivity contribution in [3.8, 4) is 0 Å². The Kier molecular flexibility index (Phi) is 70.0. The van der Waals surface area contributed by atoms with Crippen LogP contribution in [0.4, 0.5) is 0 Å². The van der Waals surface area contributed by atoms with Gasteiger partial charge in [0, 0.05) is 25.7 Å². The monoisotopic (exact) mass is 1480 g/mol. The van der Waals surface area contributed by atoms with Crippen molar-refractivity contribution in [3.63, 3.8) is 0 Å². The van der Waals surface area contributed by atoms with Gasteiger partial charge in [-0.05, 0) is 69.1 Å². The molecule has 0 bridgehead atoms. The van der Waals surface area contributed by atoms with Crippen LogP contribution in [0.15, 0.2) is 24.3 Å². The predicted octanol–water partition coefficient (Wildman–Crippen LogP) is 24.1. The highest BCUT2D eigenvalue weighted by atomic mass is 31.2. The number of carbonyl (C=O) groups excluding carboxylic acids is 4. The number of carbonyl (C=O) groups is 4. The summed E-state index contributed by atoms with van der Waals surface area (Å²) < 4.78 is 68.7. The number of ether oxygens (including phenoxy) is 4. The SMILES string of the molecule is CCCCCC/C=C\C=C/CCCCCCCC(=O)O[C@H](COC(=O)CCCCCCCCC(C)C)COP(=O)(O)OC[C@H](O)COP(=O)(O)OC[C@@H](COC(=O)CCCCCCCCCCCCCCCCCC(C)C)OC(=O)CCCCCCCCCCCCCCCCCCC(C)C. The van der Waals surface area contributed by atoms with Crippen LogP contribution in [0.3, 0.4) is 0 Å². The highest BCUT2D eigenvalue weighted by Gasteiger charge is 2.30. The second-order valence-corrected chi connectivity index (χ2v) is 33.2. The number of phosphoric ester groups is 2. The number of allylic oxidation sites excluding steroid dienone is 4. The molecule has 2 unspecified atom stereocenters. The van der Waals surface area contributed by atoms with Gasteiger partial charge in [0.2, 0.25) is 0 Å². The van der Waals surface area contributed by atoms with E-state index in [-0.39, 0.29) is 25.7 Å². The van der Waals surface area contributed by atoms with Crippen LogP contribution in [0.25, 0.3) is 0 Å². The first-order valence-electron chi connectivity index (χ1n) is 41.7. The van der Waals surface area contributed by atoms with Gasteiger partial charge in [0.05, 0.1) is 26.4 Å². The van der Waals surface area contributed by atoms with Crippen molar-refractivity contribution in [2.24, 2.45) is 17.8 Å². The number of esters is 4. The number of aliphatic hydroxyl groups is 1. The van der Waals surface area contributed by atoms with E-state index >= 15 is 0 Å². The Bertz CT molecular complexity index is 2050. The van der Waals surface area contributed by atoms with Crippen LogP contribution in [-0.2, 0) is 65.4 Å². The zero-order valence-electron chi connectivity index (χ0n) is 65.9. The summed E-state index contributed by atoms with van der Waals surface area (Å²) in [6, 6.07) is 0. The molecule has 17 nitrogen and oxygen atoms in total. The third kappa shape index (κ3) is 75.6. The topological polar surface area (TPSA) is 237 Å². The quantitative estimate of drug-likeness (QED) is 0.0169. The van der Waals surface area contributed by atoms with Crippen LogP contribution in [0.2, 0.25) is 0 Å². The summed E-state index contributed by atoms with van der Waals surface area (Å²) in [4.78, 5) is 73.0. The first-order valence-corrected chi connectivity index (χ1v) is 44.7. The molecule has 0 fully saturated rings. The summed E-state index contributed by atoms with van der Waals surface area (Å²) in [5.74, 6) is 0.146. The molecule has 0 aromatic heterocycles. The lowest BCUT2D eigenvalue weighted by Gasteiger charge is -2.21. The van der Waals surface area contributed by atoms with E-state index in [1.54, 1.807) is 0 Å². The van der Waals surface area contributed by atoms with Crippen molar-refractivity contribution >= 4 is 39.5 Å². The van der Waals surface area contributed by atoms with Gasteiger partial charge in [-0.15, -0.1) is 0 Å². The molecule has 101 heavy (non-hydrogen) atoms. The Morgan fingerprint density at radius 3 is 0.802 bits per heavy atom. The molecule has 0 aliphatic carbocycles. The van der Waals surface area contributed by atoms with E-state index in [1.807, 2.05) is 0 Å². The number of rotatable bonds is 78. The molecule has 0 aliphatic heterocycles. The first kappa shape index (κ1) is 98.5. The van der Waals surface area contributed by atoms with Crippen LogP contribution in [-0.4, -0.2) is 96.7 Å². The standard InChI is InChI=1S/C82H156O17P2/c1-8-9-10-11-12-13-14-15-19-27-32-37-42-51-58-66-82(87)99-78(70-93-80(85)64-57-50-45-44-48-55-62-75(6)7)72-97-101(90,91)95-68-76(83)67-94-100(88,89)96-71-77(69-92-79(84)63-56-49-41-36-31-26-23-18-21-25-30-35-40-47-54-61-74(4)5)98-81(86)65-59-52-43-38-33-28-22-17-16-20-24-29-34-39-46-53-60-73(2)3/h13-15,19,73-78,83H,8-12,16-18,20-72H2,1-7H3,(H,88,89)(H,90,91)/b14-13-,19-15-/t76-,77-,78-/m1/s1. The summed E-state index contributed by atoms with van der Waals surface area (Å²) in [7, 11) is -9.93. The van der Waals surface area contributed by atoms with Gasteiger partial charge >= 0.3 is 39.5 Å². The molecule has 0 spiro atoms. The minimum atomic E-state index is -4.97. The summed E-state index contributed by atoms with van der Waals surface area (Å²) in [6.45, 7) is 11.8. The number of unbranched alkanes of at least 4 members (excludes halogenated alkanes) is 43. The maximum Gasteiger partial charge on any atom is 0.472 e. The lowest BCUT2D eigenvalue weighted by Crippen LogP contribution is -2.30. The molecule has 0 amide bonds. The molecule has 0 aromatic carbocycles. The van der Waals surface area contributed by atoms with Gasteiger partial charge in [0.15, 0.2) is 12.2 Å². The molecule has 0 saturated heterocycles. The first-order chi connectivity index (χ1) is 48.7. The second-order valence-electron chi connectivity index (χ2n) is 30.3. The number of aliphatic hydroxyl groups excluding tert-OH is 1. The zero-order chi connectivity index (χ0) is 74.4. The van der Waals surface area contributed by atoms with Crippen LogP contribution < -0.4 is 0 Å². The van der Waals surface area contributed by atoms with E-state index < -0.39 is 97.5 Å². The van der Waals surface area contributed by atoms with E-state index in [9.17, 15) is 43.2 Å². The van der Waals surface area contributed by atoms with Gasteiger partial charge < -0.3 is 33.8 Å². The fraction of sp³-hybridized carbons (Fsp3) is 0.902. The minimum Gasteiger partial charge on any atom is -0.462 e. The third-order valence-electron chi connectivity index (χ3n) is 18.5. The molecule has 0 radical (unpaired) electrons. The Balaban J connectivity index is 5.26. The molecule has 5 atom stereocenters. The lowest BCUT2D eigenvalue weighted by atomic mass is 10.0. The Labute approximate surface area is 618 Å². The van der Waals surface area contributed by atoms with Gasteiger partial charge in [-0.1, -0.05) is 349 Å². The van der Waals surface area contributed by atoms with Gasteiger partial charge in [0.25, 0.3) is 0 Å². The highest BCUT2D eigenvalue weighted by molar-refractivity contribution is 7.47. The summed E-state index contributed by atoms with van der Waals surface area (Å²) in [5.41, 5.74) is 0. The number of phosphoric acid groups is 2. The molecular weight excluding hydrogens is 1320 g/mol. The molecule has 0 aliphatic rings. The number of hydrogen-bond donors (Lipinski definition) is 3. The average molecular weight is 1480 g/mol. The maximum atomic E-state index is 13.1. The van der Waals surface area contributed by atoms with Crippen molar-refractivity contribution in [2.45, 2.75) is 420 Å². The summed E-state index contributed by atoms with van der Waals surface area (Å²) in [5, 5.41) is 10.6. The van der Waals surface area contributed by atoms with Crippen molar-refractivity contribution in [3.05, 3.63) is 24.3 Å². The van der Waals surface area contributed by atoms with Crippen molar-refractivity contribution in [2.75, 3.05) is 39.6 Å².